The number of hydrogen-bond donors (Lipinski definition) is 0. The Morgan fingerprint density at radius 3 is 2.32 bits per heavy atom. The predicted molar refractivity (Wildman–Crippen MR) is 78.2 cm³/mol. The molecule has 0 aliphatic carbocycles. The van der Waals surface area contributed by atoms with Crippen LogP contribution in [-0.4, -0.2) is 30.5 Å². The highest BCUT2D eigenvalue weighted by atomic mass is 79.9. The highest BCUT2D eigenvalue weighted by Crippen LogP contribution is 2.29. The minimum atomic E-state index is -0.682. The molecule has 0 saturated heterocycles. The van der Waals surface area contributed by atoms with Gasteiger partial charge in [0.25, 0.3) is 0 Å². The second-order valence-electron chi connectivity index (χ2n) is 5.18. The molecule has 0 N–H and O–H groups in total. The lowest BCUT2D eigenvalue weighted by atomic mass is 9.83. The molecule has 0 heterocycles. The monoisotopic (exact) mass is 336 g/mol. The lowest BCUT2D eigenvalue weighted by molar-refractivity contribution is -0.156. The molecule has 0 saturated carbocycles. The first-order valence-electron chi connectivity index (χ1n) is 6.78. The van der Waals surface area contributed by atoms with Crippen LogP contribution in [0.4, 0.5) is 0 Å². The van der Waals surface area contributed by atoms with E-state index < -0.39 is 5.41 Å². The minimum absolute atomic E-state index is 0.248. The highest BCUT2D eigenvalue weighted by molar-refractivity contribution is 9.09. The van der Waals surface area contributed by atoms with Gasteiger partial charge in [0.2, 0.25) is 0 Å². The minimum Gasteiger partial charge on any atom is -0.466 e. The van der Waals surface area contributed by atoms with E-state index in [4.69, 9.17) is 9.47 Å². The summed E-state index contributed by atoms with van der Waals surface area (Å²) >= 11 is 3.31. The van der Waals surface area contributed by atoms with Crippen molar-refractivity contribution >= 4 is 27.9 Å². The van der Waals surface area contributed by atoms with Crippen molar-refractivity contribution < 1.29 is 19.1 Å². The number of unbranched alkanes of at least 4 members (excludes halogenated alkanes) is 1. The van der Waals surface area contributed by atoms with E-state index in [1.807, 2.05) is 6.92 Å². The fourth-order valence-electron chi connectivity index (χ4n) is 1.66. The van der Waals surface area contributed by atoms with E-state index in [1.165, 1.54) is 0 Å². The van der Waals surface area contributed by atoms with Gasteiger partial charge in [0.1, 0.15) is 0 Å². The van der Waals surface area contributed by atoms with Gasteiger partial charge in [0.05, 0.1) is 24.5 Å². The molecule has 5 heteroatoms. The molecule has 1 unspecified atom stereocenters. The average Bonchev–Trinajstić information content (AvgIpc) is 2.36. The van der Waals surface area contributed by atoms with Gasteiger partial charge in [-0.25, -0.2) is 0 Å². The fraction of sp³-hybridized carbons (Fsp3) is 0.857. The number of alkyl halides is 1. The predicted octanol–water partition coefficient (Wildman–Crippen LogP) is 3.32. The molecule has 0 rings (SSSR count). The van der Waals surface area contributed by atoms with Crippen LogP contribution in [0.3, 0.4) is 0 Å². The Bertz CT molecular complexity index is 289. The Labute approximate surface area is 124 Å². The largest absolute Gasteiger partial charge is 0.466 e. The number of esters is 2. The number of halogens is 1. The van der Waals surface area contributed by atoms with Gasteiger partial charge in [-0.2, -0.15) is 0 Å². The third kappa shape index (κ3) is 6.95. The summed E-state index contributed by atoms with van der Waals surface area (Å²) in [4.78, 5) is 23.7. The van der Waals surface area contributed by atoms with Crippen molar-refractivity contribution in [3.63, 3.8) is 0 Å². The number of hydrogen-bond acceptors (Lipinski definition) is 4. The second kappa shape index (κ2) is 9.34. The Kier molecular flexibility index (Phi) is 9.06. The molecule has 0 bridgehead atoms. The van der Waals surface area contributed by atoms with Crippen molar-refractivity contribution in [2.75, 3.05) is 18.5 Å². The normalized spacial score (nSPS) is 12.9. The summed E-state index contributed by atoms with van der Waals surface area (Å²) in [7, 11) is 0. The van der Waals surface area contributed by atoms with Gasteiger partial charge in [-0.3, -0.25) is 9.59 Å². The third-order valence-corrected chi connectivity index (χ3v) is 3.63. The lowest BCUT2D eigenvalue weighted by Crippen LogP contribution is -2.33. The topological polar surface area (TPSA) is 52.6 Å². The molecule has 0 aromatic rings. The summed E-state index contributed by atoms with van der Waals surface area (Å²) in [6.07, 6.45) is 2.27. The van der Waals surface area contributed by atoms with Gasteiger partial charge in [0.15, 0.2) is 0 Å². The SMILES string of the molecule is CCCCOC(=O)C(CBr)CC(C)(C)C(=O)OCC. The molecular formula is C14H25BrO4. The number of carbonyl (C=O) groups is 2. The molecule has 0 spiro atoms. The van der Waals surface area contributed by atoms with Crippen LogP contribution in [0.1, 0.15) is 47.0 Å². The zero-order valence-electron chi connectivity index (χ0n) is 12.3. The molecule has 0 aromatic heterocycles. The molecule has 0 fully saturated rings. The van der Waals surface area contributed by atoms with Crippen molar-refractivity contribution in [1.82, 2.24) is 0 Å². The zero-order valence-corrected chi connectivity index (χ0v) is 13.9. The van der Waals surface area contributed by atoms with Gasteiger partial charge >= 0.3 is 11.9 Å². The maximum atomic E-state index is 11.9. The standard InChI is InChI=1S/C14H25BrO4/c1-5-7-8-19-12(16)11(10-15)9-14(3,4)13(17)18-6-2/h11H,5-10H2,1-4H3. The molecule has 1 atom stereocenters. The molecule has 19 heavy (non-hydrogen) atoms. The molecule has 112 valence electrons. The van der Waals surface area contributed by atoms with Crippen LogP contribution in [0.25, 0.3) is 0 Å². The number of rotatable bonds is 9. The van der Waals surface area contributed by atoms with Gasteiger partial charge in [-0.15, -0.1) is 0 Å². The molecule has 4 nitrogen and oxygen atoms in total. The Balaban J connectivity index is 4.44. The van der Waals surface area contributed by atoms with Crippen molar-refractivity contribution in [3.05, 3.63) is 0 Å². The summed E-state index contributed by atoms with van der Waals surface area (Å²) in [6.45, 7) is 8.19. The van der Waals surface area contributed by atoms with Crippen molar-refractivity contribution in [2.45, 2.75) is 47.0 Å². The van der Waals surface area contributed by atoms with Gasteiger partial charge in [-0.05, 0) is 33.6 Å². The summed E-state index contributed by atoms with van der Waals surface area (Å²) in [5.74, 6) is -0.846. The smallest absolute Gasteiger partial charge is 0.311 e. The van der Waals surface area contributed by atoms with Crippen molar-refractivity contribution in [1.29, 1.82) is 0 Å². The number of ether oxygens (including phenoxy) is 2. The van der Waals surface area contributed by atoms with E-state index in [2.05, 4.69) is 15.9 Å². The van der Waals surface area contributed by atoms with E-state index >= 15 is 0 Å². The van der Waals surface area contributed by atoms with Crippen LogP contribution in [0.15, 0.2) is 0 Å². The molecule has 0 radical (unpaired) electrons. The molecule has 0 amide bonds. The first kappa shape index (κ1) is 18.4. The molecule has 0 aromatic carbocycles. The fourth-order valence-corrected chi connectivity index (χ4v) is 2.15. The Morgan fingerprint density at radius 1 is 1.21 bits per heavy atom. The first-order valence-corrected chi connectivity index (χ1v) is 7.91. The third-order valence-electron chi connectivity index (χ3n) is 2.85. The van der Waals surface area contributed by atoms with Gasteiger partial charge in [-0.1, -0.05) is 29.3 Å². The Hall–Kier alpha value is -0.580. The van der Waals surface area contributed by atoms with E-state index in [1.54, 1.807) is 20.8 Å². The summed E-state index contributed by atoms with van der Waals surface area (Å²) in [5.41, 5.74) is -0.682. The van der Waals surface area contributed by atoms with Crippen LogP contribution in [-0.2, 0) is 19.1 Å². The molecule has 0 aliphatic heterocycles. The molecule has 0 aliphatic rings. The lowest BCUT2D eigenvalue weighted by Gasteiger charge is -2.25. The van der Waals surface area contributed by atoms with Crippen molar-refractivity contribution in [3.8, 4) is 0 Å². The summed E-state index contributed by atoms with van der Waals surface area (Å²) < 4.78 is 10.2. The van der Waals surface area contributed by atoms with Crippen molar-refractivity contribution in [2.24, 2.45) is 11.3 Å². The number of carbonyl (C=O) groups excluding carboxylic acids is 2. The Morgan fingerprint density at radius 2 is 1.84 bits per heavy atom. The van der Waals surface area contributed by atoms with Crippen LogP contribution < -0.4 is 0 Å². The zero-order chi connectivity index (χ0) is 14.9. The molecular weight excluding hydrogens is 312 g/mol. The maximum absolute atomic E-state index is 11.9. The maximum Gasteiger partial charge on any atom is 0.311 e. The van der Waals surface area contributed by atoms with Crippen LogP contribution in [0, 0.1) is 11.3 Å². The van der Waals surface area contributed by atoms with Gasteiger partial charge < -0.3 is 9.47 Å². The summed E-state index contributed by atoms with van der Waals surface area (Å²) in [6, 6.07) is 0. The van der Waals surface area contributed by atoms with E-state index in [0.29, 0.717) is 25.0 Å². The summed E-state index contributed by atoms with van der Waals surface area (Å²) in [5, 5.41) is 0.487. The second-order valence-corrected chi connectivity index (χ2v) is 5.83. The first-order chi connectivity index (χ1) is 8.88. The van der Waals surface area contributed by atoms with E-state index in [-0.39, 0.29) is 17.9 Å². The van der Waals surface area contributed by atoms with Crippen LogP contribution in [0.2, 0.25) is 0 Å². The van der Waals surface area contributed by atoms with E-state index in [0.717, 1.165) is 12.8 Å². The highest BCUT2D eigenvalue weighted by Gasteiger charge is 2.35. The van der Waals surface area contributed by atoms with Crippen LogP contribution >= 0.6 is 15.9 Å². The quantitative estimate of drug-likeness (QED) is 0.368. The van der Waals surface area contributed by atoms with Gasteiger partial charge in [0, 0.05) is 5.33 Å². The van der Waals surface area contributed by atoms with E-state index in [9.17, 15) is 9.59 Å². The van der Waals surface area contributed by atoms with Crippen LogP contribution in [0.5, 0.6) is 0 Å². The average molecular weight is 337 g/mol.